The van der Waals surface area contributed by atoms with Crippen molar-refractivity contribution in [1.82, 2.24) is 4.98 Å². The minimum absolute atomic E-state index is 0.270. The summed E-state index contributed by atoms with van der Waals surface area (Å²) in [7, 11) is 0. The highest BCUT2D eigenvalue weighted by molar-refractivity contribution is 7.99. The summed E-state index contributed by atoms with van der Waals surface area (Å²) in [6.45, 7) is 3.71. The number of alkyl halides is 3. The number of carbonyl (C=O) groups excluding carboxylic acids is 2. The number of aromatic nitrogens is 1. The predicted octanol–water partition coefficient (Wildman–Crippen LogP) is 4.38. The molecule has 9 nitrogen and oxygen atoms in total. The maximum atomic E-state index is 12.9. The van der Waals surface area contributed by atoms with E-state index in [0.717, 1.165) is 30.9 Å². The van der Waals surface area contributed by atoms with Gasteiger partial charge in [0.1, 0.15) is 24.3 Å². The Morgan fingerprint density at radius 2 is 2.06 bits per heavy atom. The van der Waals surface area contributed by atoms with Gasteiger partial charge in [-0.2, -0.15) is 13.2 Å². The molecule has 1 aromatic heterocycles. The zero-order valence-electron chi connectivity index (χ0n) is 16.5. The first-order valence-electron chi connectivity index (χ1n) is 8.83. The number of hydrogen-bond acceptors (Lipinski definition) is 8. The minimum Gasteiger partial charge on any atom is -0.463 e. The molecule has 1 aliphatic rings. The molecule has 1 fully saturated rings. The van der Waals surface area contributed by atoms with Crippen LogP contribution in [0.1, 0.15) is 26.5 Å². The number of ether oxygens (including phenoxy) is 3. The highest BCUT2D eigenvalue weighted by Gasteiger charge is 2.46. The molecule has 170 valence electrons. The van der Waals surface area contributed by atoms with E-state index in [1.54, 1.807) is 6.92 Å². The zero-order chi connectivity index (χ0) is 23.3. The second kappa shape index (κ2) is 10.4. The highest BCUT2D eigenvalue weighted by atomic mass is 35.5. The summed E-state index contributed by atoms with van der Waals surface area (Å²) in [6.07, 6.45) is -5.71. The van der Waals surface area contributed by atoms with Crippen molar-refractivity contribution >= 4 is 35.3 Å². The molecule has 0 spiro atoms. The van der Waals surface area contributed by atoms with Crippen molar-refractivity contribution in [2.24, 2.45) is 11.0 Å². The molecule has 2 rings (SSSR count). The number of rotatable bonds is 6. The van der Waals surface area contributed by atoms with Crippen LogP contribution < -0.4 is 0 Å². The Balaban J connectivity index is 2.32. The lowest BCUT2D eigenvalue weighted by Gasteiger charge is -2.43. The molecule has 0 aromatic carbocycles. The lowest BCUT2D eigenvalue weighted by Crippen LogP contribution is -2.55. The summed E-state index contributed by atoms with van der Waals surface area (Å²) < 4.78 is 54.8. The summed E-state index contributed by atoms with van der Waals surface area (Å²) in [5, 5.41) is 3.13. The van der Waals surface area contributed by atoms with Crippen LogP contribution in [0.4, 0.5) is 13.2 Å². The van der Waals surface area contributed by atoms with Gasteiger partial charge in [0, 0.05) is 35.8 Å². The second-order valence-electron chi connectivity index (χ2n) is 6.59. The Bertz CT molecular complexity index is 884. The molecule has 0 aliphatic carbocycles. The number of nitrogens with zero attached hydrogens (tertiary/aromatic N) is 4. The third-order valence-corrected chi connectivity index (χ3v) is 5.81. The largest absolute Gasteiger partial charge is 0.463 e. The first kappa shape index (κ1) is 25.1. The van der Waals surface area contributed by atoms with Crippen LogP contribution in [0.15, 0.2) is 22.3 Å². The predicted molar refractivity (Wildman–Crippen MR) is 103 cm³/mol. The molecule has 1 aliphatic heterocycles. The molecule has 31 heavy (non-hydrogen) atoms. The summed E-state index contributed by atoms with van der Waals surface area (Å²) >= 11 is 6.72. The molecule has 0 radical (unpaired) electrons. The summed E-state index contributed by atoms with van der Waals surface area (Å²) in [5.74, 6) is -1.80. The molecular formula is C17H18ClF3N4O5S. The topological polar surface area (TPSA) is 123 Å². The van der Waals surface area contributed by atoms with E-state index in [9.17, 15) is 22.8 Å². The lowest BCUT2D eigenvalue weighted by atomic mass is 9.91. The minimum atomic E-state index is -4.70. The Kier molecular flexibility index (Phi) is 8.41. The van der Waals surface area contributed by atoms with Crippen molar-refractivity contribution in [2.75, 3.05) is 6.61 Å². The Hall–Kier alpha value is -2.21. The summed E-state index contributed by atoms with van der Waals surface area (Å²) in [5.41, 5.74) is 6.98. The smallest absolute Gasteiger partial charge is 0.434 e. The monoisotopic (exact) mass is 482 g/mol. The van der Waals surface area contributed by atoms with Gasteiger partial charge >= 0.3 is 18.1 Å². The first-order valence-corrected chi connectivity index (χ1v) is 10.1. The molecule has 14 heteroatoms. The number of halogens is 4. The van der Waals surface area contributed by atoms with Crippen LogP contribution in [0.3, 0.4) is 0 Å². The fourth-order valence-electron chi connectivity index (χ4n) is 2.92. The van der Waals surface area contributed by atoms with E-state index < -0.39 is 58.4 Å². The van der Waals surface area contributed by atoms with E-state index in [1.165, 1.54) is 6.92 Å². The zero-order valence-corrected chi connectivity index (χ0v) is 18.1. The first-order chi connectivity index (χ1) is 14.4. The van der Waals surface area contributed by atoms with Crippen LogP contribution in [0.25, 0.3) is 10.4 Å². The average Bonchev–Trinajstić information content (AvgIpc) is 2.64. The van der Waals surface area contributed by atoms with Crippen molar-refractivity contribution in [1.29, 1.82) is 0 Å². The van der Waals surface area contributed by atoms with E-state index in [1.807, 2.05) is 0 Å². The van der Waals surface area contributed by atoms with Crippen LogP contribution in [0.5, 0.6) is 0 Å². The molecule has 0 saturated carbocycles. The quantitative estimate of drug-likeness (QED) is 0.255. The van der Waals surface area contributed by atoms with Crippen LogP contribution in [0, 0.1) is 5.92 Å². The van der Waals surface area contributed by atoms with Gasteiger partial charge in [0.05, 0.1) is 11.1 Å². The number of carbonyl (C=O) groups is 2. The molecular weight excluding hydrogens is 465 g/mol. The maximum absolute atomic E-state index is 12.9. The van der Waals surface area contributed by atoms with Crippen LogP contribution in [0.2, 0.25) is 5.02 Å². The lowest BCUT2D eigenvalue weighted by molar-refractivity contribution is -0.182. The van der Waals surface area contributed by atoms with E-state index in [2.05, 4.69) is 15.0 Å². The van der Waals surface area contributed by atoms with Gasteiger partial charge in [-0.05, 0) is 11.6 Å². The van der Waals surface area contributed by atoms with Gasteiger partial charge in [0.2, 0.25) is 0 Å². The van der Waals surface area contributed by atoms with Gasteiger partial charge in [-0.15, -0.1) is 0 Å². The number of azide groups is 1. The Labute approximate surface area is 184 Å². The summed E-state index contributed by atoms with van der Waals surface area (Å²) in [4.78, 5) is 29.2. The van der Waals surface area contributed by atoms with Crippen LogP contribution in [-0.2, 0) is 30.0 Å². The van der Waals surface area contributed by atoms with Gasteiger partial charge in [-0.25, -0.2) is 4.98 Å². The van der Waals surface area contributed by atoms with Crippen molar-refractivity contribution in [3.8, 4) is 0 Å². The second-order valence-corrected chi connectivity index (χ2v) is 8.17. The molecule has 2 heterocycles. The van der Waals surface area contributed by atoms with E-state index >= 15 is 0 Å². The van der Waals surface area contributed by atoms with Gasteiger partial charge in [0.15, 0.2) is 5.69 Å². The fraction of sp³-hybridized carbons (Fsp3) is 0.588. The van der Waals surface area contributed by atoms with Crippen LogP contribution in [-0.4, -0.2) is 47.2 Å². The van der Waals surface area contributed by atoms with Crippen molar-refractivity contribution in [3.63, 3.8) is 0 Å². The molecule has 1 saturated heterocycles. The Morgan fingerprint density at radius 3 is 2.58 bits per heavy atom. The van der Waals surface area contributed by atoms with E-state index in [4.69, 9.17) is 31.3 Å². The molecule has 2 unspecified atom stereocenters. The fourth-order valence-corrected chi connectivity index (χ4v) is 4.40. The highest BCUT2D eigenvalue weighted by Crippen LogP contribution is 2.41. The number of thioether (sulfide) groups is 1. The molecule has 1 aromatic rings. The van der Waals surface area contributed by atoms with E-state index in [0.29, 0.717) is 0 Å². The number of esters is 2. The average molecular weight is 483 g/mol. The normalized spacial score (nSPS) is 26.0. The summed E-state index contributed by atoms with van der Waals surface area (Å²) in [6, 6.07) is 0.207. The molecule has 0 N–H and O–H groups in total. The third-order valence-electron chi connectivity index (χ3n) is 4.25. The molecule has 0 amide bonds. The maximum Gasteiger partial charge on any atom is 0.434 e. The number of pyridine rings is 1. The van der Waals surface area contributed by atoms with Crippen molar-refractivity contribution < 1.29 is 37.0 Å². The third kappa shape index (κ3) is 6.63. The van der Waals surface area contributed by atoms with Gasteiger partial charge in [-0.3, -0.25) is 9.59 Å². The standard InChI is InChI=1S/C17H18ClF3N4O5S/c1-7-13(24-25-22)14(29-9(3)27)12(6-28-8(2)26)30-16(7)31-10-4-11(18)15(23-5-10)17(19,20)21/h4-5,7,12-14,16H,6H2,1-3H3/t7-,12?,13?,14-,16+/m0/s1. The van der Waals surface area contributed by atoms with Crippen molar-refractivity contribution in [3.05, 3.63) is 33.4 Å². The number of hydrogen-bond donors (Lipinski definition) is 0. The molecule has 0 bridgehead atoms. The van der Waals surface area contributed by atoms with E-state index in [-0.39, 0.29) is 11.5 Å². The van der Waals surface area contributed by atoms with Crippen molar-refractivity contribution in [2.45, 2.75) is 55.5 Å². The van der Waals surface area contributed by atoms with Gasteiger partial charge < -0.3 is 14.2 Å². The van der Waals surface area contributed by atoms with Crippen LogP contribution >= 0.6 is 23.4 Å². The SMILES string of the molecule is CC(=O)OCC1O[C@H](Sc2cnc(C(F)(F)F)c(Cl)c2)[C@@H](C)C(N=[N+]=[N-])[C@H]1OC(C)=O. The van der Waals surface area contributed by atoms with Gasteiger partial charge in [0.25, 0.3) is 0 Å². The molecule has 5 atom stereocenters. The Morgan fingerprint density at radius 1 is 1.39 bits per heavy atom. The van der Waals surface area contributed by atoms with Gasteiger partial charge in [-0.1, -0.05) is 35.4 Å².